The van der Waals surface area contributed by atoms with Gasteiger partial charge in [0.05, 0.1) is 27.5 Å². The highest BCUT2D eigenvalue weighted by molar-refractivity contribution is 7.80. The van der Waals surface area contributed by atoms with Crippen LogP contribution in [0.3, 0.4) is 0 Å². The number of benzene rings is 1. The van der Waals surface area contributed by atoms with E-state index in [0.717, 1.165) is 5.56 Å². The Labute approximate surface area is 117 Å². The third kappa shape index (κ3) is 3.72. The maximum atomic E-state index is 5.32. The molecule has 0 unspecified atom stereocenters. The van der Waals surface area contributed by atoms with E-state index in [0.29, 0.717) is 22.4 Å². The quantitative estimate of drug-likeness (QED) is 0.480. The van der Waals surface area contributed by atoms with Crippen molar-refractivity contribution in [3.05, 3.63) is 17.7 Å². The molecule has 0 spiro atoms. The molecule has 0 amide bonds. The molecule has 1 aromatic rings. The van der Waals surface area contributed by atoms with E-state index in [1.54, 1.807) is 40.7 Å². The standard InChI is InChI=1S/C12H17N3O3S/c1-13-12(19)15-14-7-8-5-6-9(16-2)11(18-4)10(8)17-3/h5-7H,1-4H3,(H2,13,15,19)/b14-7+. The fraction of sp³-hybridized carbons (Fsp3) is 0.333. The smallest absolute Gasteiger partial charge is 0.203 e. The maximum absolute atomic E-state index is 5.32. The van der Waals surface area contributed by atoms with Gasteiger partial charge in [0, 0.05) is 12.6 Å². The fourth-order valence-corrected chi connectivity index (χ4v) is 1.50. The molecule has 0 saturated heterocycles. The molecule has 104 valence electrons. The number of nitrogens with zero attached hydrogens (tertiary/aromatic N) is 1. The fourth-order valence-electron chi connectivity index (χ4n) is 1.44. The molecule has 1 aromatic carbocycles. The zero-order valence-corrected chi connectivity index (χ0v) is 12.1. The van der Waals surface area contributed by atoms with Gasteiger partial charge in [0.1, 0.15) is 0 Å². The van der Waals surface area contributed by atoms with Crippen LogP contribution in [0, 0.1) is 0 Å². The van der Waals surface area contributed by atoms with Gasteiger partial charge in [0.2, 0.25) is 5.75 Å². The summed E-state index contributed by atoms with van der Waals surface area (Å²) in [5.41, 5.74) is 3.40. The minimum Gasteiger partial charge on any atom is -0.493 e. The largest absolute Gasteiger partial charge is 0.493 e. The van der Waals surface area contributed by atoms with E-state index in [-0.39, 0.29) is 0 Å². The first kappa shape index (κ1) is 15.0. The number of hydrogen-bond donors (Lipinski definition) is 2. The first-order valence-corrected chi connectivity index (χ1v) is 5.88. The lowest BCUT2D eigenvalue weighted by atomic mass is 10.2. The number of methoxy groups -OCH3 is 3. The molecule has 0 aromatic heterocycles. The van der Waals surface area contributed by atoms with Crippen LogP contribution in [0.4, 0.5) is 0 Å². The van der Waals surface area contributed by atoms with Crippen LogP contribution in [0.1, 0.15) is 5.56 Å². The molecule has 7 heteroatoms. The Morgan fingerprint density at radius 2 is 1.84 bits per heavy atom. The molecule has 19 heavy (non-hydrogen) atoms. The van der Waals surface area contributed by atoms with Crippen molar-refractivity contribution in [1.29, 1.82) is 0 Å². The van der Waals surface area contributed by atoms with Crippen molar-refractivity contribution in [1.82, 2.24) is 10.7 Å². The summed E-state index contributed by atoms with van der Waals surface area (Å²) in [6.07, 6.45) is 1.59. The van der Waals surface area contributed by atoms with Gasteiger partial charge in [-0.2, -0.15) is 5.10 Å². The predicted octanol–water partition coefficient (Wildman–Crippen LogP) is 1.14. The molecule has 0 radical (unpaired) electrons. The van der Waals surface area contributed by atoms with Crippen LogP contribution in [-0.4, -0.2) is 39.7 Å². The van der Waals surface area contributed by atoms with E-state index in [4.69, 9.17) is 26.4 Å². The Morgan fingerprint density at radius 1 is 1.16 bits per heavy atom. The van der Waals surface area contributed by atoms with Crippen molar-refractivity contribution in [2.24, 2.45) is 5.10 Å². The van der Waals surface area contributed by atoms with Crippen LogP contribution >= 0.6 is 12.2 Å². The molecular formula is C12H17N3O3S. The van der Waals surface area contributed by atoms with Crippen molar-refractivity contribution < 1.29 is 14.2 Å². The Bertz CT molecular complexity index is 478. The topological polar surface area (TPSA) is 64.1 Å². The van der Waals surface area contributed by atoms with Crippen LogP contribution in [0.2, 0.25) is 0 Å². The Hall–Kier alpha value is -2.02. The minimum absolute atomic E-state index is 0.427. The highest BCUT2D eigenvalue weighted by atomic mass is 32.1. The molecule has 1 rings (SSSR count). The molecule has 0 fully saturated rings. The SMILES string of the molecule is CNC(=S)N/N=C/c1ccc(OC)c(OC)c1OC. The van der Waals surface area contributed by atoms with Crippen molar-refractivity contribution in [2.45, 2.75) is 0 Å². The van der Waals surface area contributed by atoms with Crippen molar-refractivity contribution in [2.75, 3.05) is 28.4 Å². The van der Waals surface area contributed by atoms with Gasteiger partial charge in [-0.3, -0.25) is 5.43 Å². The number of thiocarbonyl (C=S) groups is 1. The lowest BCUT2D eigenvalue weighted by Gasteiger charge is -2.13. The third-order valence-corrected chi connectivity index (χ3v) is 2.63. The summed E-state index contributed by atoms with van der Waals surface area (Å²) in [5.74, 6) is 1.66. The Kier molecular flexibility index (Phi) is 5.87. The van der Waals surface area contributed by atoms with E-state index in [9.17, 15) is 0 Å². The first-order valence-electron chi connectivity index (χ1n) is 5.47. The summed E-state index contributed by atoms with van der Waals surface area (Å²) < 4.78 is 15.8. The molecule has 0 aliphatic rings. The van der Waals surface area contributed by atoms with Gasteiger partial charge in [0.15, 0.2) is 16.6 Å². The van der Waals surface area contributed by atoms with Crippen LogP contribution in [0.5, 0.6) is 17.2 Å². The third-order valence-electron chi connectivity index (χ3n) is 2.33. The molecule has 0 saturated carbocycles. The lowest BCUT2D eigenvalue weighted by Crippen LogP contribution is -2.28. The summed E-state index contributed by atoms with van der Waals surface area (Å²) in [4.78, 5) is 0. The predicted molar refractivity (Wildman–Crippen MR) is 78.5 cm³/mol. The second kappa shape index (κ2) is 7.42. The number of ether oxygens (including phenoxy) is 3. The summed E-state index contributed by atoms with van der Waals surface area (Å²) >= 11 is 4.91. The summed E-state index contributed by atoms with van der Waals surface area (Å²) in [6.45, 7) is 0. The number of hydrazone groups is 1. The van der Waals surface area contributed by atoms with Crippen LogP contribution in [-0.2, 0) is 0 Å². The van der Waals surface area contributed by atoms with Gasteiger partial charge in [-0.25, -0.2) is 0 Å². The highest BCUT2D eigenvalue weighted by Crippen LogP contribution is 2.38. The van der Waals surface area contributed by atoms with Crippen LogP contribution < -0.4 is 25.0 Å². The van der Waals surface area contributed by atoms with Gasteiger partial charge in [-0.1, -0.05) is 0 Å². The molecule has 0 bridgehead atoms. The molecular weight excluding hydrogens is 266 g/mol. The Balaban J connectivity index is 3.04. The normalized spacial score (nSPS) is 10.1. The lowest BCUT2D eigenvalue weighted by molar-refractivity contribution is 0.324. The maximum Gasteiger partial charge on any atom is 0.203 e. The zero-order chi connectivity index (χ0) is 14.3. The molecule has 0 atom stereocenters. The van der Waals surface area contributed by atoms with Gasteiger partial charge in [-0.15, -0.1) is 0 Å². The van der Waals surface area contributed by atoms with E-state index in [2.05, 4.69) is 15.8 Å². The number of rotatable bonds is 5. The first-order chi connectivity index (χ1) is 9.17. The summed E-state index contributed by atoms with van der Waals surface area (Å²) in [7, 11) is 6.38. The van der Waals surface area contributed by atoms with Gasteiger partial charge >= 0.3 is 0 Å². The van der Waals surface area contributed by atoms with E-state index in [1.165, 1.54) is 0 Å². The molecule has 2 N–H and O–H groups in total. The average Bonchev–Trinajstić information content (AvgIpc) is 2.45. The van der Waals surface area contributed by atoms with Crippen molar-refractivity contribution in [3.63, 3.8) is 0 Å². The number of hydrogen-bond acceptors (Lipinski definition) is 5. The molecule has 0 aliphatic carbocycles. The van der Waals surface area contributed by atoms with Crippen LogP contribution in [0.15, 0.2) is 17.2 Å². The monoisotopic (exact) mass is 283 g/mol. The van der Waals surface area contributed by atoms with Gasteiger partial charge in [-0.05, 0) is 24.4 Å². The van der Waals surface area contributed by atoms with Gasteiger partial charge < -0.3 is 19.5 Å². The van der Waals surface area contributed by atoms with Gasteiger partial charge in [0.25, 0.3) is 0 Å². The van der Waals surface area contributed by atoms with E-state index < -0.39 is 0 Å². The second-order valence-corrected chi connectivity index (χ2v) is 3.78. The molecule has 6 nitrogen and oxygen atoms in total. The number of nitrogens with one attached hydrogen (secondary N) is 2. The summed E-state index contributed by atoms with van der Waals surface area (Å²) in [5, 5.41) is 7.17. The second-order valence-electron chi connectivity index (χ2n) is 3.37. The van der Waals surface area contributed by atoms with E-state index >= 15 is 0 Å². The van der Waals surface area contributed by atoms with E-state index in [1.807, 2.05) is 6.07 Å². The molecule has 0 heterocycles. The minimum atomic E-state index is 0.427. The van der Waals surface area contributed by atoms with Crippen molar-refractivity contribution >= 4 is 23.5 Å². The average molecular weight is 283 g/mol. The Morgan fingerprint density at radius 3 is 2.37 bits per heavy atom. The molecule has 0 aliphatic heterocycles. The highest BCUT2D eigenvalue weighted by Gasteiger charge is 2.14. The zero-order valence-electron chi connectivity index (χ0n) is 11.3. The van der Waals surface area contributed by atoms with Crippen LogP contribution in [0.25, 0.3) is 0 Å². The summed E-state index contributed by atoms with van der Waals surface area (Å²) in [6, 6.07) is 3.59. The van der Waals surface area contributed by atoms with Crippen molar-refractivity contribution in [3.8, 4) is 17.2 Å².